The van der Waals surface area contributed by atoms with E-state index in [1.54, 1.807) is 36.4 Å². The second-order valence-electron chi connectivity index (χ2n) is 7.77. The molecule has 0 amide bonds. The minimum Gasteiger partial charge on any atom is -0.872 e. The van der Waals surface area contributed by atoms with Crippen LogP contribution in [0.2, 0.25) is 0 Å². The molecule has 3 N–H and O–H groups in total. The van der Waals surface area contributed by atoms with Crippen molar-refractivity contribution in [3.63, 3.8) is 0 Å². The summed E-state index contributed by atoms with van der Waals surface area (Å²) < 4.78 is 0. The van der Waals surface area contributed by atoms with Crippen LogP contribution in [-0.2, 0) is 4.79 Å². The maximum absolute atomic E-state index is 12.9. The molecule has 1 aliphatic rings. The SMILES string of the molecule is O=C1C=C(Nc2ccccc2C(=O)CC([O-])=C(O)Nc2cccc([N+](=O)[O-])c2)c2ccccc2C1=O. The van der Waals surface area contributed by atoms with Gasteiger partial charge in [-0.3, -0.25) is 24.5 Å². The molecule has 4 rings (SSSR count). The highest BCUT2D eigenvalue weighted by molar-refractivity contribution is 6.50. The summed E-state index contributed by atoms with van der Waals surface area (Å²) in [6.45, 7) is 0. The molecule has 0 unspecified atom stereocenters. The number of rotatable bonds is 8. The minimum atomic E-state index is -0.927. The molecule has 36 heavy (non-hydrogen) atoms. The second-order valence-corrected chi connectivity index (χ2v) is 7.77. The molecule has 10 nitrogen and oxygen atoms in total. The molecule has 180 valence electrons. The lowest BCUT2D eigenvalue weighted by Gasteiger charge is -2.20. The number of aliphatic hydroxyl groups excluding tert-OH is 1. The number of para-hydroxylation sites is 1. The second kappa shape index (κ2) is 9.94. The zero-order valence-corrected chi connectivity index (χ0v) is 18.6. The number of allylic oxidation sites excluding steroid dienone is 2. The van der Waals surface area contributed by atoms with Crippen LogP contribution in [0.25, 0.3) is 5.70 Å². The van der Waals surface area contributed by atoms with E-state index in [0.717, 1.165) is 12.1 Å². The Hall–Kier alpha value is -5.25. The molecule has 0 fully saturated rings. The molecule has 0 spiro atoms. The van der Waals surface area contributed by atoms with Crippen molar-refractivity contribution in [1.29, 1.82) is 0 Å². The third kappa shape index (κ3) is 4.97. The Morgan fingerprint density at radius 1 is 0.944 bits per heavy atom. The number of non-ortho nitro benzene ring substituents is 1. The van der Waals surface area contributed by atoms with Gasteiger partial charge in [-0.2, -0.15) is 0 Å². The van der Waals surface area contributed by atoms with Crippen molar-refractivity contribution in [3.8, 4) is 0 Å². The molecular formula is C26H18N3O7-. The van der Waals surface area contributed by atoms with Crippen molar-refractivity contribution < 1.29 is 29.5 Å². The number of nitro groups is 1. The lowest BCUT2D eigenvalue weighted by Crippen LogP contribution is -2.21. The van der Waals surface area contributed by atoms with Crippen molar-refractivity contribution in [3.05, 3.63) is 117 Å². The highest BCUT2D eigenvalue weighted by atomic mass is 16.6. The van der Waals surface area contributed by atoms with Crippen LogP contribution in [0.1, 0.15) is 32.7 Å². The van der Waals surface area contributed by atoms with Crippen LogP contribution in [0.5, 0.6) is 0 Å². The van der Waals surface area contributed by atoms with Gasteiger partial charge >= 0.3 is 0 Å². The molecule has 0 aliphatic heterocycles. The van der Waals surface area contributed by atoms with Crippen LogP contribution < -0.4 is 15.7 Å². The molecule has 10 heteroatoms. The lowest BCUT2D eigenvalue weighted by atomic mass is 9.92. The maximum atomic E-state index is 12.9. The number of carbonyl (C=O) groups is 3. The quantitative estimate of drug-likeness (QED) is 0.143. The first-order valence-electron chi connectivity index (χ1n) is 10.6. The standard InChI is InChI=1S/C26H19N3O7/c30-22(14-24(32)26(34)27-15-6-5-7-16(12-15)29(35)36)19-10-3-4-11-20(19)28-21-13-23(31)25(33)18-9-2-1-8-17(18)21/h1-13,27-28,32,34H,14H2/p-1. The van der Waals surface area contributed by atoms with Crippen molar-refractivity contribution in [1.82, 2.24) is 0 Å². The van der Waals surface area contributed by atoms with Crippen molar-refractivity contribution in [2.24, 2.45) is 0 Å². The van der Waals surface area contributed by atoms with Gasteiger partial charge in [0.25, 0.3) is 5.69 Å². The molecule has 0 atom stereocenters. The first-order valence-corrected chi connectivity index (χ1v) is 10.6. The highest BCUT2D eigenvalue weighted by Gasteiger charge is 2.26. The first kappa shape index (κ1) is 23.9. The van der Waals surface area contributed by atoms with Crippen LogP contribution in [0.15, 0.2) is 90.5 Å². The van der Waals surface area contributed by atoms with Gasteiger partial charge in [-0.25, -0.2) is 0 Å². The third-order valence-corrected chi connectivity index (χ3v) is 5.36. The normalized spacial score (nSPS) is 13.3. The van der Waals surface area contributed by atoms with Crippen LogP contribution >= 0.6 is 0 Å². The van der Waals surface area contributed by atoms with E-state index in [0.29, 0.717) is 16.9 Å². The van der Waals surface area contributed by atoms with Gasteiger partial charge in [0, 0.05) is 52.7 Å². The van der Waals surface area contributed by atoms with Crippen LogP contribution in [0.3, 0.4) is 0 Å². The van der Waals surface area contributed by atoms with Crippen molar-refractivity contribution >= 4 is 40.1 Å². The summed E-state index contributed by atoms with van der Waals surface area (Å²) in [5.41, 5.74) is 1.33. The summed E-state index contributed by atoms with van der Waals surface area (Å²) in [6.07, 6.45) is 0.457. The van der Waals surface area contributed by atoms with Crippen LogP contribution in [0, 0.1) is 10.1 Å². The van der Waals surface area contributed by atoms with E-state index in [9.17, 15) is 34.7 Å². The van der Waals surface area contributed by atoms with E-state index in [2.05, 4.69) is 10.6 Å². The molecule has 0 saturated carbocycles. The number of benzene rings is 3. The van der Waals surface area contributed by atoms with Crippen molar-refractivity contribution in [2.45, 2.75) is 6.42 Å². The Bertz CT molecular complexity index is 1470. The lowest BCUT2D eigenvalue weighted by molar-refractivity contribution is -0.384. The molecule has 3 aromatic rings. The molecule has 3 aromatic carbocycles. The summed E-state index contributed by atoms with van der Waals surface area (Å²) in [5, 5.41) is 38.9. The molecule has 0 aromatic heterocycles. The monoisotopic (exact) mass is 484 g/mol. The van der Waals surface area contributed by atoms with Gasteiger partial charge in [-0.1, -0.05) is 48.2 Å². The summed E-state index contributed by atoms with van der Waals surface area (Å²) in [4.78, 5) is 47.5. The topological polar surface area (TPSA) is 162 Å². The van der Waals surface area contributed by atoms with Gasteiger partial charge in [-0.05, 0) is 18.2 Å². The van der Waals surface area contributed by atoms with Gasteiger partial charge < -0.3 is 20.8 Å². The van der Waals surface area contributed by atoms with E-state index in [-0.39, 0.29) is 22.5 Å². The zero-order valence-electron chi connectivity index (χ0n) is 18.6. The largest absolute Gasteiger partial charge is 0.872 e. The summed E-state index contributed by atoms with van der Waals surface area (Å²) in [7, 11) is 0. The molecule has 0 radical (unpaired) electrons. The average molecular weight is 484 g/mol. The van der Waals surface area contributed by atoms with Crippen LogP contribution in [-0.4, -0.2) is 27.4 Å². The number of ketones is 3. The fraction of sp³-hybridized carbons (Fsp3) is 0.0385. The molecular weight excluding hydrogens is 466 g/mol. The van der Waals surface area contributed by atoms with Gasteiger partial charge in [0.05, 0.1) is 10.6 Å². The van der Waals surface area contributed by atoms with E-state index in [1.165, 1.54) is 30.3 Å². The number of Topliss-reactive ketones (excluding diaryl/α,β-unsaturated/α-hetero) is 2. The summed E-state index contributed by atoms with van der Waals surface area (Å²) in [6, 6.07) is 18.0. The highest BCUT2D eigenvalue weighted by Crippen LogP contribution is 2.29. The Balaban J connectivity index is 1.55. The van der Waals surface area contributed by atoms with Gasteiger partial charge in [0.15, 0.2) is 11.7 Å². The van der Waals surface area contributed by atoms with Crippen molar-refractivity contribution in [2.75, 3.05) is 10.6 Å². The third-order valence-electron chi connectivity index (χ3n) is 5.36. The summed E-state index contributed by atoms with van der Waals surface area (Å²) in [5.74, 6) is -3.73. The van der Waals surface area contributed by atoms with E-state index in [4.69, 9.17) is 0 Å². The number of nitrogens with zero attached hydrogens (tertiary/aromatic N) is 1. The molecule has 0 heterocycles. The van der Waals surface area contributed by atoms with Gasteiger partial charge in [0.2, 0.25) is 11.6 Å². The Morgan fingerprint density at radius 2 is 1.64 bits per heavy atom. The van der Waals surface area contributed by atoms with E-state index in [1.807, 2.05) is 0 Å². The molecule has 0 saturated heterocycles. The number of hydrogen-bond acceptors (Lipinski definition) is 9. The van der Waals surface area contributed by atoms with Gasteiger partial charge in [-0.15, -0.1) is 0 Å². The Kier molecular flexibility index (Phi) is 6.59. The van der Waals surface area contributed by atoms with E-state index < -0.39 is 40.3 Å². The number of hydrogen-bond donors (Lipinski definition) is 3. The fourth-order valence-corrected chi connectivity index (χ4v) is 3.64. The number of fused-ring (bicyclic) bond motifs is 1. The average Bonchev–Trinajstić information content (AvgIpc) is 2.87. The number of nitro benzene ring substituents is 1. The Labute approximate surface area is 204 Å². The molecule has 1 aliphatic carbocycles. The van der Waals surface area contributed by atoms with Crippen LogP contribution in [0.4, 0.5) is 17.1 Å². The number of anilines is 2. The van der Waals surface area contributed by atoms with E-state index >= 15 is 0 Å². The predicted octanol–water partition coefficient (Wildman–Crippen LogP) is 3.59. The zero-order chi connectivity index (χ0) is 25.8. The number of aliphatic hydroxyl groups is 1. The minimum absolute atomic E-state index is 0.103. The Morgan fingerprint density at radius 3 is 2.39 bits per heavy atom. The fourth-order valence-electron chi connectivity index (χ4n) is 3.64. The number of nitrogens with one attached hydrogen (secondary N) is 2. The smallest absolute Gasteiger partial charge is 0.271 e. The maximum Gasteiger partial charge on any atom is 0.271 e. The predicted molar refractivity (Wildman–Crippen MR) is 129 cm³/mol. The summed E-state index contributed by atoms with van der Waals surface area (Å²) >= 11 is 0. The molecule has 0 bridgehead atoms. The van der Waals surface area contributed by atoms with Gasteiger partial charge in [0.1, 0.15) is 0 Å². The first-order chi connectivity index (χ1) is 17.2. The number of carbonyl (C=O) groups excluding carboxylic acids is 3.